The number of benzene rings is 6. The van der Waals surface area contributed by atoms with Crippen LogP contribution in [0, 0.1) is 0 Å². The molecule has 19 nitrogen and oxygen atoms in total. The van der Waals surface area contributed by atoms with Crippen LogP contribution in [-0.4, -0.2) is 162 Å². The molecule has 2 heterocycles. The molecule has 4 aromatic carbocycles. The Balaban J connectivity index is 0.000000247. The molecule has 0 fully saturated rings. The normalized spacial score (nSPS) is 12.3. The molecule has 0 radical (unpaired) electrons. The van der Waals surface area contributed by atoms with Gasteiger partial charge in [-0.25, -0.2) is 0 Å². The van der Waals surface area contributed by atoms with Crippen LogP contribution in [0.25, 0.3) is 66.8 Å². The van der Waals surface area contributed by atoms with Gasteiger partial charge in [0.2, 0.25) is 0 Å². The second-order valence-corrected chi connectivity index (χ2v) is 26.2. The molecule has 0 atom stereocenters. The Bertz CT molecular complexity index is 3950. The first-order chi connectivity index (χ1) is 40.3. The third kappa shape index (κ3) is 17.2. The highest BCUT2D eigenvalue weighted by atomic mass is 32.1. The molecular weight excluding hydrogens is 1160 g/mol. The fourth-order valence-corrected chi connectivity index (χ4v) is 11.3. The number of carboxylic acid groups (broad SMARTS) is 2. The first-order valence-electron chi connectivity index (χ1n) is 28.2. The van der Waals surface area contributed by atoms with Gasteiger partial charge in [0.15, 0.2) is 10.9 Å². The number of carbonyl (C=O) groups excluding carboxylic acids is 2. The first-order valence-corrected chi connectivity index (χ1v) is 30.5. The number of thiocarbonyl (C=S) groups is 2. The lowest BCUT2D eigenvalue weighted by Crippen LogP contribution is -2.53. The van der Waals surface area contributed by atoms with Gasteiger partial charge < -0.3 is 81.2 Å². The number of rotatable bonds is 24. The number of nitrogens with one attached hydrogen (secondary N) is 2. The van der Waals surface area contributed by atoms with Crippen LogP contribution >= 0.6 is 32.3 Å². The van der Waals surface area contributed by atoms with E-state index in [1.807, 2.05) is 0 Å². The van der Waals surface area contributed by atoms with Gasteiger partial charge in [-0.3, -0.25) is 9.59 Å². The maximum absolute atomic E-state index is 12.3. The van der Waals surface area contributed by atoms with Crippen molar-refractivity contribution in [3.63, 3.8) is 0 Å². The maximum atomic E-state index is 12.3. The molecule has 4 aromatic rings. The van der Waals surface area contributed by atoms with Crippen molar-refractivity contribution >= 4 is 76.1 Å². The third-order valence-electron chi connectivity index (χ3n) is 15.4. The molecule has 8 rings (SSSR count). The topological polar surface area (TPSA) is 260 Å². The van der Waals surface area contributed by atoms with Gasteiger partial charge in [0.05, 0.1) is 108 Å². The number of hydrogen-bond acceptors (Lipinski definition) is 15. The molecule has 0 amide bonds. The molecule has 2 N–H and O–H groups in total. The van der Waals surface area contributed by atoms with E-state index >= 15 is 0 Å². The molecule has 86 heavy (non-hydrogen) atoms. The Labute approximate surface area is 511 Å². The van der Waals surface area contributed by atoms with Gasteiger partial charge in [-0.15, -0.1) is 5.75 Å². The lowest BCUT2D eigenvalue weighted by Gasteiger charge is -2.35. The Hall–Kier alpha value is -7.43. The Morgan fingerprint density at radius 1 is 0.512 bits per heavy atom. The SMILES string of the molecule is CCC[N+](C)(C)CC[N+](C)(C)CCNC(=S)c1ccc(C(=O)[O-])c(-c2c3ccc(=O)cc-3oc3cc(OP(=O)([O-])[O-])ccc23)c1.CCC[N+](C)(C)CC[N+](C)(C)CCNC(=S)c1ccc(C(=O)[O-])c(-c2c3ccc(=O)cc-3oc3cc([O-])ccc23)c1. The zero-order chi connectivity index (χ0) is 63.1. The van der Waals surface area contributed by atoms with Crippen LogP contribution in [0.2, 0.25) is 0 Å². The van der Waals surface area contributed by atoms with E-state index in [4.69, 9.17) is 33.3 Å². The van der Waals surface area contributed by atoms with Crippen LogP contribution in [0.1, 0.15) is 58.5 Å². The zero-order valence-corrected chi connectivity index (χ0v) is 52.8. The van der Waals surface area contributed by atoms with E-state index in [9.17, 15) is 48.8 Å². The van der Waals surface area contributed by atoms with Gasteiger partial charge in [0.1, 0.15) is 72.4 Å². The Kier molecular flexibility index (Phi) is 20.8. The minimum absolute atomic E-state index is 0.0339. The molecule has 22 heteroatoms. The molecule has 0 spiro atoms. The average molecular weight is 1230 g/mol. The number of quaternary nitrogens is 4. The van der Waals surface area contributed by atoms with Crippen LogP contribution in [0.5, 0.6) is 11.5 Å². The van der Waals surface area contributed by atoms with Crippen molar-refractivity contribution in [1.82, 2.24) is 10.6 Å². The molecule has 2 aliphatic carbocycles. The Morgan fingerprint density at radius 2 is 0.907 bits per heavy atom. The number of fused-ring (bicyclic) bond motifs is 4. The van der Waals surface area contributed by atoms with Crippen LogP contribution in [0.4, 0.5) is 0 Å². The zero-order valence-electron chi connectivity index (χ0n) is 50.2. The summed E-state index contributed by atoms with van der Waals surface area (Å²) in [5.74, 6) is -2.97. The van der Waals surface area contributed by atoms with Crippen molar-refractivity contribution in [2.45, 2.75) is 26.7 Å². The van der Waals surface area contributed by atoms with Crippen LogP contribution in [0.3, 0.4) is 0 Å². The smallest absolute Gasteiger partial charge is 0.182 e. The molecule has 0 bridgehead atoms. The standard InChI is InChI=1S/C32H38N3O8PS.C32H37N3O5S/c1-6-14-34(2,3)16-17-35(4,5)15-13-33-31(45)21-7-10-24(32(37)38)27(18-21)30-25-11-8-22(36)19-28(25)42-29-20-23(9-12-26(29)30)43-44(39,40)41;1-6-14-34(2,3)16-17-35(4,5)15-13-33-31(41)21-7-10-24(32(38)39)27(18-21)30-25-11-8-22(36)19-28(25)40-29-20-23(37)9-12-26(29)30/h7-12,18-20H,6,13-17H2,1-5H3,(H2-2,33,37,38,39,40,41,45);7-12,18-20H,6,13-17H2,1-5H3,(H-2,33,36,37,38,39,41)/p-1. The number of phosphoric acid groups is 1. The third-order valence-corrected chi connectivity index (χ3v) is 16.6. The summed E-state index contributed by atoms with van der Waals surface area (Å²) in [4.78, 5) is 72.2. The van der Waals surface area contributed by atoms with Gasteiger partial charge >= 0.3 is 0 Å². The molecule has 4 aliphatic rings. The summed E-state index contributed by atoms with van der Waals surface area (Å²) in [7, 11) is 12.4. The lowest BCUT2D eigenvalue weighted by molar-refractivity contribution is -0.945. The van der Waals surface area contributed by atoms with Gasteiger partial charge in [0, 0.05) is 73.5 Å². The van der Waals surface area contributed by atoms with E-state index in [2.05, 4.69) is 85.4 Å². The molecule has 0 saturated heterocycles. The summed E-state index contributed by atoms with van der Waals surface area (Å²) >= 11 is 11.4. The number of carboxylic acids is 2. The highest BCUT2D eigenvalue weighted by Gasteiger charge is 2.27. The second kappa shape index (κ2) is 27.1. The molecule has 456 valence electrons. The predicted molar refractivity (Wildman–Crippen MR) is 333 cm³/mol. The first kappa shape index (κ1) is 66.1. The predicted octanol–water partition coefficient (Wildman–Crippen LogP) is 4.79. The molecule has 0 saturated carbocycles. The molecular formula is C64H74N6O13PS2-. The minimum Gasteiger partial charge on any atom is -0.872 e. The summed E-state index contributed by atoms with van der Waals surface area (Å²) in [5.41, 5.74) is 3.23. The number of hydrogen-bond donors (Lipinski definition) is 2. The van der Waals surface area contributed by atoms with Crippen molar-refractivity contribution in [1.29, 1.82) is 0 Å². The summed E-state index contributed by atoms with van der Waals surface area (Å²) < 4.78 is 31.1. The van der Waals surface area contributed by atoms with E-state index in [-0.39, 0.29) is 61.7 Å². The van der Waals surface area contributed by atoms with E-state index in [0.717, 1.165) is 83.1 Å². The second-order valence-electron chi connectivity index (χ2n) is 24.3. The fourth-order valence-electron chi connectivity index (χ4n) is 10.5. The number of carbonyl (C=O) groups is 2. The fraction of sp³-hybridized carbons (Fsp3) is 0.344. The van der Waals surface area contributed by atoms with Crippen LogP contribution in [-0.2, 0) is 4.57 Å². The van der Waals surface area contributed by atoms with E-state index in [1.54, 1.807) is 36.4 Å². The monoisotopic (exact) mass is 1230 g/mol. The largest absolute Gasteiger partial charge is 0.872 e. The quantitative estimate of drug-likeness (QED) is 0.0357. The van der Waals surface area contributed by atoms with Crippen molar-refractivity contribution in [3.8, 4) is 56.4 Å². The minimum atomic E-state index is -5.37. The van der Waals surface area contributed by atoms with E-state index in [1.165, 1.54) is 72.8 Å². The van der Waals surface area contributed by atoms with Crippen molar-refractivity contribution in [2.75, 3.05) is 122 Å². The van der Waals surface area contributed by atoms with E-state index in [0.29, 0.717) is 72.8 Å². The highest BCUT2D eigenvalue weighted by Crippen LogP contribution is 2.44. The average Bonchev–Trinajstić information content (AvgIpc) is 0.969. The summed E-state index contributed by atoms with van der Waals surface area (Å²) in [6, 6.07) is 26.1. The van der Waals surface area contributed by atoms with Gasteiger partial charge in [-0.1, -0.05) is 74.7 Å². The Morgan fingerprint density at radius 3 is 1.30 bits per heavy atom. The summed E-state index contributed by atoms with van der Waals surface area (Å²) in [6.45, 7) is 13.7. The molecule has 2 aliphatic heterocycles. The number of nitrogens with zero attached hydrogens (tertiary/aromatic N) is 4. The number of likely N-dealkylation sites (N-methyl/N-ethyl adjacent to an activating group) is 4. The maximum Gasteiger partial charge on any atom is 0.182 e. The van der Waals surface area contributed by atoms with Crippen LogP contribution in [0.15, 0.2) is 128 Å². The van der Waals surface area contributed by atoms with Crippen molar-refractivity contribution in [2.24, 2.45) is 0 Å². The van der Waals surface area contributed by atoms with Gasteiger partial charge in [-0.2, -0.15) is 0 Å². The summed E-state index contributed by atoms with van der Waals surface area (Å²) in [6.07, 6.45) is 2.27. The van der Waals surface area contributed by atoms with Crippen molar-refractivity contribution in [3.05, 3.63) is 152 Å². The summed E-state index contributed by atoms with van der Waals surface area (Å²) in [5, 5.41) is 44.2. The molecule has 0 unspecified atom stereocenters. The van der Waals surface area contributed by atoms with Gasteiger partial charge in [-0.05, 0) is 78.6 Å². The van der Waals surface area contributed by atoms with Crippen LogP contribution < -0.4 is 51.1 Å². The lowest BCUT2D eigenvalue weighted by atomic mass is 9.89. The molecule has 0 aromatic heterocycles. The van der Waals surface area contributed by atoms with Gasteiger partial charge in [0.25, 0.3) is 0 Å². The number of aromatic carboxylic acids is 2. The van der Waals surface area contributed by atoms with Crippen molar-refractivity contribution < 1.29 is 70.6 Å². The highest BCUT2D eigenvalue weighted by molar-refractivity contribution is 7.81. The number of phosphoric ester groups is 1. The van der Waals surface area contributed by atoms with E-state index < -0.39 is 19.8 Å².